The van der Waals surface area contributed by atoms with Crippen LogP contribution in [0.5, 0.6) is 0 Å². The number of hydrogen-bond donors (Lipinski definition) is 1. The third kappa shape index (κ3) is 6.47. The molecule has 1 heterocycles. The van der Waals surface area contributed by atoms with E-state index in [2.05, 4.69) is 33.2 Å². The van der Waals surface area contributed by atoms with Gasteiger partial charge in [0.25, 0.3) is 0 Å². The van der Waals surface area contributed by atoms with Gasteiger partial charge in [-0.25, -0.2) is 8.42 Å². The second-order valence-corrected chi connectivity index (χ2v) is 7.52. The number of pyridine rings is 1. The van der Waals surface area contributed by atoms with Crippen molar-refractivity contribution in [3.63, 3.8) is 0 Å². The molecule has 0 radical (unpaired) electrons. The smallest absolute Gasteiger partial charge is 0.148 e. The number of nitrogens with zero attached hydrogens (tertiary/aromatic N) is 1. The fraction of sp³-hybridized carbons (Fsp3) is 0.583. The van der Waals surface area contributed by atoms with Crippen molar-refractivity contribution in [2.75, 3.05) is 18.6 Å². The first-order valence-corrected chi connectivity index (χ1v) is 8.77. The van der Waals surface area contributed by atoms with Gasteiger partial charge in [0.15, 0.2) is 0 Å². The predicted molar refractivity (Wildman–Crippen MR) is 77.4 cm³/mol. The Labute approximate surface area is 117 Å². The van der Waals surface area contributed by atoms with Crippen LogP contribution in [0.3, 0.4) is 0 Å². The van der Waals surface area contributed by atoms with Gasteiger partial charge >= 0.3 is 0 Å². The average molecular weight is 335 g/mol. The van der Waals surface area contributed by atoms with Crippen LogP contribution in [-0.2, 0) is 16.3 Å². The standard InChI is InChI=1S/C12H19BrN2O2S/c1-3-6-14-12(9-18(2,16)17)7-11-5-4-10(13)8-15-11/h4-5,8,12,14H,3,6-7,9H2,1-2H3. The third-order valence-corrected chi connectivity index (χ3v) is 3.91. The maximum Gasteiger partial charge on any atom is 0.148 e. The summed E-state index contributed by atoms with van der Waals surface area (Å²) in [4.78, 5) is 4.27. The van der Waals surface area contributed by atoms with Gasteiger partial charge in [0.2, 0.25) is 0 Å². The molecule has 4 nitrogen and oxygen atoms in total. The van der Waals surface area contributed by atoms with Crippen molar-refractivity contribution in [3.8, 4) is 0 Å². The molecule has 0 aromatic carbocycles. The Hall–Kier alpha value is -0.460. The lowest BCUT2D eigenvalue weighted by Gasteiger charge is -2.17. The summed E-state index contributed by atoms with van der Waals surface area (Å²) in [6, 6.07) is 3.75. The Kier molecular flexibility index (Phi) is 6.25. The monoisotopic (exact) mass is 334 g/mol. The molecule has 0 fully saturated rings. The van der Waals surface area contributed by atoms with Crippen molar-refractivity contribution in [2.45, 2.75) is 25.8 Å². The van der Waals surface area contributed by atoms with E-state index < -0.39 is 9.84 Å². The van der Waals surface area contributed by atoms with Crippen LogP contribution in [0.25, 0.3) is 0 Å². The number of halogens is 1. The molecule has 1 unspecified atom stereocenters. The van der Waals surface area contributed by atoms with Crippen LogP contribution in [-0.4, -0.2) is 38.0 Å². The SMILES string of the molecule is CCCNC(Cc1ccc(Br)cn1)CS(C)(=O)=O. The lowest BCUT2D eigenvalue weighted by atomic mass is 10.1. The molecule has 0 amide bonds. The summed E-state index contributed by atoms with van der Waals surface area (Å²) in [6.45, 7) is 2.87. The second-order valence-electron chi connectivity index (χ2n) is 4.42. The van der Waals surface area contributed by atoms with Crippen LogP contribution in [0.2, 0.25) is 0 Å². The summed E-state index contributed by atoms with van der Waals surface area (Å²) in [6.07, 6.45) is 4.60. The summed E-state index contributed by atoms with van der Waals surface area (Å²) in [5.41, 5.74) is 0.899. The molecule has 102 valence electrons. The quantitative estimate of drug-likeness (QED) is 0.825. The molecular weight excluding hydrogens is 316 g/mol. The van der Waals surface area contributed by atoms with E-state index in [1.165, 1.54) is 6.26 Å². The molecule has 0 aliphatic heterocycles. The van der Waals surface area contributed by atoms with Crippen molar-refractivity contribution in [3.05, 3.63) is 28.5 Å². The van der Waals surface area contributed by atoms with Crippen LogP contribution >= 0.6 is 15.9 Å². The first kappa shape index (κ1) is 15.6. The summed E-state index contributed by atoms with van der Waals surface area (Å²) in [7, 11) is -2.98. The molecule has 1 aromatic rings. The van der Waals surface area contributed by atoms with E-state index in [9.17, 15) is 8.42 Å². The molecule has 0 aliphatic carbocycles. The molecule has 6 heteroatoms. The van der Waals surface area contributed by atoms with Gasteiger partial charge in [-0.2, -0.15) is 0 Å². The molecule has 1 N–H and O–H groups in total. The number of rotatable bonds is 7. The summed E-state index contributed by atoms with van der Waals surface area (Å²) in [5.74, 6) is 0.144. The maximum absolute atomic E-state index is 11.4. The van der Waals surface area contributed by atoms with Crippen LogP contribution < -0.4 is 5.32 Å². The van der Waals surface area contributed by atoms with Gasteiger partial charge in [0.1, 0.15) is 9.84 Å². The van der Waals surface area contributed by atoms with Gasteiger partial charge in [0.05, 0.1) is 5.75 Å². The van der Waals surface area contributed by atoms with Crippen molar-refractivity contribution in [1.29, 1.82) is 0 Å². The Bertz CT molecular complexity index is 459. The van der Waals surface area contributed by atoms with Crippen molar-refractivity contribution in [1.82, 2.24) is 10.3 Å². The third-order valence-electron chi connectivity index (χ3n) is 2.43. The minimum atomic E-state index is -2.98. The maximum atomic E-state index is 11.4. The number of nitrogens with one attached hydrogen (secondary N) is 1. The molecule has 0 saturated carbocycles. The number of hydrogen-bond acceptors (Lipinski definition) is 4. The minimum Gasteiger partial charge on any atom is -0.313 e. The van der Waals surface area contributed by atoms with E-state index in [-0.39, 0.29) is 11.8 Å². The van der Waals surface area contributed by atoms with Crippen LogP contribution in [0.1, 0.15) is 19.0 Å². The van der Waals surface area contributed by atoms with Crippen LogP contribution in [0.15, 0.2) is 22.8 Å². The van der Waals surface area contributed by atoms with Gasteiger partial charge in [-0.1, -0.05) is 6.92 Å². The lowest BCUT2D eigenvalue weighted by molar-refractivity contribution is 0.526. The minimum absolute atomic E-state index is 0.0753. The normalized spacial score (nSPS) is 13.5. The van der Waals surface area contributed by atoms with E-state index >= 15 is 0 Å². The zero-order chi connectivity index (χ0) is 13.6. The van der Waals surface area contributed by atoms with E-state index in [1.54, 1.807) is 6.20 Å². The molecule has 0 bridgehead atoms. The zero-order valence-electron chi connectivity index (χ0n) is 10.7. The largest absolute Gasteiger partial charge is 0.313 e. The van der Waals surface area contributed by atoms with Gasteiger partial charge in [-0.3, -0.25) is 4.98 Å². The van der Waals surface area contributed by atoms with E-state index in [1.807, 2.05) is 12.1 Å². The molecule has 0 saturated heterocycles. The van der Waals surface area contributed by atoms with Crippen molar-refractivity contribution < 1.29 is 8.42 Å². The van der Waals surface area contributed by atoms with Gasteiger partial charge in [-0.05, 0) is 41.0 Å². The first-order valence-electron chi connectivity index (χ1n) is 5.92. The Morgan fingerprint density at radius 3 is 2.67 bits per heavy atom. The summed E-state index contributed by atoms with van der Waals surface area (Å²) in [5, 5.41) is 3.26. The van der Waals surface area contributed by atoms with Gasteiger partial charge in [0, 0.05) is 35.1 Å². The molecule has 1 aromatic heterocycles. The lowest BCUT2D eigenvalue weighted by Crippen LogP contribution is -2.37. The van der Waals surface area contributed by atoms with Gasteiger partial charge in [-0.15, -0.1) is 0 Å². The summed E-state index contributed by atoms with van der Waals surface area (Å²) >= 11 is 3.33. The molecular formula is C12H19BrN2O2S. The zero-order valence-corrected chi connectivity index (χ0v) is 13.1. The molecule has 18 heavy (non-hydrogen) atoms. The van der Waals surface area contributed by atoms with E-state index in [0.717, 1.165) is 23.1 Å². The average Bonchev–Trinajstić information content (AvgIpc) is 2.27. The molecule has 1 rings (SSSR count). The Morgan fingerprint density at radius 1 is 1.44 bits per heavy atom. The highest BCUT2D eigenvalue weighted by Gasteiger charge is 2.15. The Balaban J connectivity index is 2.68. The van der Waals surface area contributed by atoms with Crippen LogP contribution in [0, 0.1) is 0 Å². The van der Waals surface area contributed by atoms with Crippen LogP contribution in [0.4, 0.5) is 0 Å². The number of aromatic nitrogens is 1. The summed E-state index contributed by atoms with van der Waals surface area (Å²) < 4.78 is 23.7. The van der Waals surface area contributed by atoms with Gasteiger partial charge < -0.3 is 5.32 Å². The predicted octanol–water partition coefficient (Wildman–Crippen LogP) is 1.80. The van der Waals surface area contributed by atoms with Crippen molar-refractivity contribution in [2.24, 2.45) is 0 Å². The highest BCUT2D eigenvalue weighted by atomic mass is 79.9. The van der Waals surface area contributed by atoms with E-state index in [4.69, 9.17) is 0 Å². The number of sulfone groups is 1. The molecule has 1 atom stereocenters. The fourth-order valence-electron chi connectivity index (χ4n) is 1.68. The highest BCUT2D eigenvalue weighted by Crippen LogP contribution is 2.09. The van der Waals surface area contributed by atoms with E-state index in [0.29, 0.717) is 6.42 Å². The second kappa shape index (κ2) is 7.21. The first-order chi connectivity index (χ1) is 8.40. The topological polar surface area (TPSA) is 59.1 Å². The highest BCUT2D eigenvalue weighted by molar-refractivity contribution is 9.10. The van der Waals surface area contributed by atoms with Crippen molar-refractivity contribution >= 4 is 25.8 Å². The fourth-order valence-corrected chi connectivity index (χ4v) is 2.88. The molecule has 0 spiro atoms. The Morgan fingerprint density at radius 2 is 2.17 bits per heavy atom. The molecule has 0 aliphatic rings.